The number of hydrogen-bond donors (Lipinski definition) is 2. The van der Waals surface area contributed by atoms with Gasteiger partial charge in [0.25, 0.3) is 5.91 Å². The number of carbonyl (C=O) groups excluding carboxylic acids is 1. The van der Waals surface area contributed by atoms with Crippen LogP contribution in [0, 0.1) is 0 Å². The van der Waals surface area contributed by atoms with Crippen LogP contribution in [-0.2, 0) is 0 Å². The largest absolute Gasteiger partial charge is 0.497 e. The highest BCUT2D eigenvalue weighted by Crippen LogP contribution is 2.28. The maximum atomic E-state index is 12.4. The maximum absolute atomic E-state index is 12.4. The third-order valence-corrected chi connectivity index (χ3v) is 4.00. The predicted molar refractivity (Wildman–Crippen MR) is 113 cm³/mol. The van der Waals surface area contributed by atoms with Crippen LogP contribution in [0.2, 0.25) is 0 Å². The Labute approximate surface area is 165 Å². The fraction of sp³-hybridized carbons (Fsp3) is 0.174. The van der Waals surface area contributed by atoms with E-state index in [-0.39, 0.29) is 12.0 Å². The Hall–Kier alpha value is -3.47. The molecule has 0 heterocycles. The van der Waals surface area contributed by atoms with Crippen molar-refractivity contribution in [3.05, 3.63) is 78.4 Å². The van der Waals surface area contributed by atoms with Crippen molar-refractivity contribution in [3.63, 3.8) is 0 Å². The SMILES string of the molecule is COc1cccc(C(=O)Nc2ccc(Nc3ccccc3OC(C)C)cc2)c1. The summed E-state index contributed by atoms with van der Waals surface area (Å²) in [5.41, 5.74) is 3.05. The Morgan fingerprint density at radius 2 is 1.61 bits per heavy atom. The Balaban J connectivity index is 1.68. The summed E-state index contributed by atoms with van der Waals surface area (Å²) < 4.78 is 11.0. The molecule has 0 atom stereocenters. The molecule has 3 aromatic carbocycles. The zero-order valence-corrected chi connectivity index (χ0v) is 16.2. The van der Waals surface area contributed by atoms with Crippen molar-refractivity contribution in [2.45, 2.75) is 20.0 Å². The monoisotopic (exact) mass is 376 g/mol. The van der Waals surface area contributed by atoms with Gasteiger partial charge in [-0.15, -0.1) is 0 Å². The van der Waals surface area contributed by atoms with E-state index in [4.69, 9.17) is 9.47 Å². The first-order chi connectivity index (χ1) is 13.5. The van der Waals surface area contributed by atoms with Gasteiger partial charge < -0.3 is 20.1 Å². The van der Waals surface area contributed by atoms with Crippen LogP contribution in [0.5, 0.6) is 11.5 Å². The lowest BCUT2D eigenvalue weighted by Crippen LogP contribution is -2.11. The lowest BCUT2D eigenvalue weighted by atomic mass is 10.2. The molecule has 3 aromatic rings. The summed E-state index contributed by atoms with van der Waals surface area (Å²) in [4.78, 5) is 12.4. The third kappa shape index (κ3) is 5.04. The fourth-order valence-corrected chi connectivity index (χ4v) is 2.69. The summed E-state index contributed by atoms with van der Waals surface area (Å²) in [6.07, 6.45) is 0.0946. The minimum atomic E-state index is -0.185. The van der Waals surface area contributed by atoms with Crippen molar-refractivity contribution in [1.82, 2.24) is 0 Å². The minimum Gasteiger partial charge on any atom is -0.497 e. The molecule has 1 amide bonds. The average molecular weight is 376 g/mol. The number of methoxy groups -OCH3 is 1. The summed E-state index contributed by atoms with van der Waals surface area (Å²) >= 11 is 0. The molecule has 0 spiro atoms. The predicted octanol–water partition coefficient (Wildman–Crippen LogP) is 5.48. The van der Waals surface area contributed by atoms with Gasteiger partial charge in [-0.25, -0.2) is 0 Å². The number of hydrogen-bond acceptors (Lipinski definition) is 4. The topological polar surface area (TPSA) is 59.6 Å². The third-order valence-electron chi connectivity index (χ3n) is 4.00. The second-order valence-corrected chi connectivity index (χ2v) is 6.55. The smallest absolute Gasteiger partial charge is 0.255 e. The molecule has 3 rings (SSSR count). The Morgan fingerprint density at radius 1 is 0.893 bits per heavy atom. The highest BCUT2D eigenvalue weighted by atomic mass is 16.5. The molecule has 0 radical (unpaired) electrons. The normalized spacial score (nSPS) is 10.4. The highest BCUT2D eigenvalue weighted by Gasteiger charge is 2.08. The number of carbonyl (C=O) groups is 1. The van der Waals surface area contributed by atoms with Crippen molar-refractivity contribution in [2.75, 3.05) is 17.7 Å². The van der Waals surface area contributed by atoms with Gasteiger partial charge in [-0.2, -0.15) is 0 Å². The van der Waals surface area contributed by atoms with Gasteiger partial charge in [0, 0.05) is 16.9 Å². The van der Waals surface area contributed by atoms with Crippen molar-refractivity contribution >= 4 is 23.0 Å². The Kier molecular flexibility index (Phi) is 6.17. The van der Waals surface area contributed by atoms with E-state index in [0.717, 1.165) is 17.1 Å². The van der Waals surface area contributed by atoms with Crippen molar-refractivity contribution in [1.29, 1.82) is 0 Å². The summed E-state index contributed by atoms with van der Waals surface area (Å²) in [6.45, 7) is 3.99. The van der Waals surface area contributed by atoms with Crippen LogP contribution in [-0.4, -0.2) is 19.1 Å². The Morgan fingerprint density at radius 3 is 2.32 bits per heavy atom. The number of ether oxygens (including phenoxy) is 2. The van der Waals surface area contributed by atoms with Crippen LogP contribution in [0.3, 0.4) is 0 Å². The molecular weight excluding hydrogens is 352 g/mol. The number of para-hydroxylation sites is 2. The van der Waals surface area contributed by atoms with E-state index in [1.807, 2.05) is 62.4 Å². The molecule has 0 saturated heterocycles. The molecule has 2 N–H and O–H groups in total. The average Bonchev–Trinajstić information content (AvgIpc) is 2.70. The first kappa shape index (κ1) is 19.3. The van der Waals surface area contributed by atoms with E-state index < -0.39 is 0 Å². The number of anilines is 3. The summed E-state index contributed by atoms with van der Waals surface area (Å²) in [5, 5.41) is 6.24. The van der Waals surface area contributed by atoms with Crippen LogP contribution in [0.25, 0.3) is 0 Å². The van der Waals surface area contributed by atoms with Gasteiger partial charge in [0.2, 0.25) is 0 Å². The lowest BCUT2D eigenvalue weighted by Gasteiger charge is -2.15. The highest BCUT2D eigenvalue weighted by molar-refractivity contribution is 6.04. The lowest BCUT2D eigenvalue weighted by molar-refractivity contribution is 0.102. The molecule has 28 heavy (non-hydrogen) atoms. The van der Waals surface area contributed by atoms with Gasteiger partial charge in [0.15, 0.2) is 0 Å². The van der Waals surface area contributed by atoms with Gasteiger partial charge in [-0.1, -0.05) is 18.2 Å². The van der Waals surface area contributed by atoms with Gasteiger partial charge in [0.1, 0.15) is 11.5 Å². The molecule has 0 aromatic heterocycles. The van der Waals surface area contributed by atoms with E-state index in [1.165, 1.54) is 0 Å². The molecule has 5 nitrogen and oxygen atoms in total. The number of rotatable bonds is 7. The van der Waals surface area contributed by atoms with Crippen LogP contribution in [0.4, 0.5) is 17.1 Å². The maximum Gasteiger partial charge on any atom is 0.255 e. The molecule has 5 heteroatoms. The summed E-state index contributed by atoms with van der Waals surface area (Å²) in [6, 6.07) is 22.4. The molecular formula is C23H24N2O3. The van der Waals surface area contributed by atoms with Crippen molar-refractivity contribution in [2.24, 2.45) is 0 Å². The molecule has 0 fully saturated rings. The molecule has 0 aliphatic carbocycles. The number of benzene rings is 3. The number of nitrogens with one attached hydrogen (secondary N) is 2. The zero-order valence-electron chi connectivity index (χ0n) is 16.2. The molecule has 0 aliphatic rings. The molecule has 0 saturated carbocycles. The fourth-order valence-electron chi connectivity index (χ4n) is 2.69. The first-order valence-corrected chi connectivity index (χ1v) is 9.13. The van der Waals surface area contributed by atoms with Crippen LogP contribution in [0.1, 0.15) is 24.2 Å². The second-order valence-electron chi connectivity index (χ2n) is 6.55. The van der Waals surface area contributed by atoms with E-state index in [0.29, 0.717) is 17.0 Å². The summed E-state index contributed by atoms with van der Waals surface area (Å²) in [5.74, 6) is 1.26. The van der Waals surface area contributed by atoms with Gasteiger partial charge in [0.05, 0.1) is 18.9 Å². The van der Waals surface area contributed by atoms with E-state index in [1.54, 1.807) is 31.4 Å². The molecule has 0 bridgehead atoms. The van der Waals surface area contributed by atoms with Crippen LogP contribution < -0.4 is 20.1 Å². The molecule has 0 aliphatic heterocycles. The molecule has 144 valence electrons. The second kappa shape index (κ2) is 8.95. The van der Waals surface area contributed by atoms with Gasteiger partial charge in [-0.05, 0) is 68.4 Å². The van der Waals surface area contributed by atoms with E-state index >= 15 is 0 Å². The minimum absolute atomic E-state index is 0.0946. The quantitative estimate of drug-likeness (QED) is 0.573. The van der Waals surface area contributed by atoms with Gasteiger partial charge in [-0.3, -0.25) is 4.79 Å². The van der Waals surface area contributed by atoms with Gasteiger partial charge >= 0.3 is 0 Å². The Bertz CT molecular complexity index is 937. The van der Waals surface area contributed by atoms with Crippen LogP contribution in [0.15, 0.2) is 72.8 Å². The first-order valence-electron chi connectivity index (χ1n) is 9.13. The zero-order chi connectivity index (χ0) is 19.9. The van der Waals surface area contributed by atoms with E-state index in [2.05, 4.69) is 10.6 Å². The van der Waals surface area contributed by atoms with Crippen molar-refractivity contribution in [3.8, 4) is 11.5 Å². The standard InChI is InChI=1S/C23H24N2O3/c1-16(2)28-22-10-5-4-9-21(22)24-18-11-13-19(14-12-18)25-23(26)17-7-6-8-20(15-17)27-3/h4-16,24H,1-3H3,(H,25,26). The summed E-state index contributed by atoms with van der Waals surface area (Å²) in [7, 11) is 1.58. The van der Waals surface area contributed by atoms with E-state index in [9.17, 15) is 4.79 Å². The van der Waals surface area contributed by atoms with Crippen molar-refractivity contribution < 1.29 is 14.3 Å². The number of amides is 1. The molecule has 0 unspecified atom stereocenters. The van der Waals surface area contributed by atoms with Crippen LogP contribution >= 0.6 is 0 Å².